The van der Waals surface area contributed by atoms with Gasteiger partial charge in [-0.1, -0.05) is 142 Å². The molecule has 0 amide bonds. The van der Waals surface area contributed by atoms with Gasteiger partial charge in [0.15, 0.2) is 0 Å². The average molecular weight is 651 g/mol. The van der Waals surface area contributed by atoms with Crippen LogP contribution in [0.25, 0.3) is 0 Å². The van der Waals surface area contributed by atoms with Crippen molar-refractivity contribution in [1.29, 1.82) is 0 Å². The van der Waals surface area contributed by atoms with Crippen molar-refractivity contribution in [3.63, 3.8) is 0 Å². The third-order valence-corrected chi connectivity index (χ3v) is 8.90. The van der Waals surface area contributed by atoms with Crippen LogP contribution in [-0.4, -0.2) is 75.6 Å². The summed E-state index contributed by atoms with van der Waals surface area (Å²) in [5.41, 5.74) is 0. The molecule has 0 fully saturated rings. The number of nitrogens with zero attached hydrogens (tertiary/aromatic N) is 1. The maximum absolute atomic E-state index is 12.3. The minimum absolute atomic E-state index is 0.0919. The Labute approximate surface area is 272 Å². The van der Waals surface area contributed by atoms with E-state index in [0.29, 0.717) is 24.1 Å². The summed E-state index contributed by atoms with van der Waals surface area (Å²) < 4.78 is 34.4. The summed E-state index contributed by atoms with van der Waals surface area (Å²) in [6.07, 6.45) is 27.8. The molecule has 44 heavy (non-hydrogen) atoms. The number of esters is 1. The number of carbonyl (C=O) groups excluding carboxylic acids is 1. The molecule has 0 spiro atoms. The van der Waals surface area contributed by atoms with Gasteiger partial charge < -0.3 is 18.9 Å². The third-order valence-electron chi connectivity index (χ3n) is 7.92. The minimum atomic E-state index is -4.24. The first-order valence-corrected chi connectivity index (χ1v) is 19.8. The summed E-state index contributed by atoms with van der Waals surface area (Å²) in [7, 11) is 1.67. The van der Waals surface area contributed by atoms with Gasteiger partial charge in [-0.15, -0.1) is 0 Å². The van der Waals surface area contributed by atoms with Gasteiger partial charge in [0.2, 0.25) is 0 Å². The number of likely N-dealkylation sites (N-methyl/N-ethyl adjacent to an activating group) is 1. The summed E-state index contributed by atoms with van der Waals surface area (Å²) >= 11 is 0. The van der Waals surface area contributed by atoms with Gasteiger partial charge in [0.1, 0.15) is 19.3 Å². The lowest BCUT2D eigenvalue weighted by Gasteiger charge is -2.24. The number of carbonyl (C=O) groups is 1. The first-order chi connectivity index (χ1) is 21.1. The number of rotatable bonds is 34. The highest BCUT2D eigenvalue weighted by molar-refractivity contribution is 7.47. The Kier molecular flexibility index (Phi) is 29.5. The van der Waals surface area contributed by atoms with Gasteiger partial charge in [0.25, 0.3) is 0 Å². The number of ether oxygens (including phenoxy) is 2. The van der Waals surface area contributed by atoms with E-state index in [1.165, 1.54) is 109 Å². The molecule has 9 heteroatoms. The summed E-state index contributed by atoms with van der Waals surface area (Å²) in [5, 5.41) is 0. The molecule has 2 unspecified atom stereocenters. The van der Waals surface area contributed by atoms with E-state index in [4.69, 9.17) is 18.5 Å². The molecule has 8 nitrogen and oxygen atoms in total. The van der Waals surface area contributed by atoms with Crippen LogP contribution in [0.4, 0.5) is 0 Å². The van der Waals surface area contributed by atoms with Gasteiger partial charge in [-0.3, -0.25) is 13.8 Å². The van der Waals surface area contributed by atoms with Crippen molar-refractivity contribution < 1.29 is 37.3 Å². The fourth-order valence-electron chi connectivity index (χ4n) is 5.02. The zero-order chi connectivity index (χ0) is 32.8. The SMILES string of the molecule is CCCCCCCCCCCCCCCCCCCCCOCC(COP(=O)(O)OCC[N+](C)(C)C)OC(=O)CCCCC. The van der Waals surface area contributed by atoms with E-state index in [9.17, 15) is 14.3 Å². The molecule has 0 rings (SSSR count). The van der Waals surface area contributed by atoms with Gasteiger partial charge in [-0.25, -0.2) is 4.57 Å². The average Bonchev–Trinajstić information content (AvgIpc) is 2.96. The van der Waals surface area contributed by atoms with Crippen molar-refractivity contribution >= 4 is 13.8 Å². The van der Waals surface area contributed by atoms with Crippen molar-refractivity contribution in [2.24, 2.45) is 0 Å². The lowest BCUT2D eigenvalue weighted by atomic mass is 10.0. The topological polar surface area (TPSA) is 91.3 Å². The molecule has 0 heterocycles. The van der Waals surface area contributed by atoms with Crippen LogP contribution in [0.5, 0.6) is 0 Å². The first-order valence-electron chi connectivity index (χ1n) is 18.3. The summed E-state index contributed by atoms with van der Waals surface area (Å²) in [6.45, 7) is 5.48. The molecule has 0 aromatic rings. The molecule has 0 aliphatic heterocycles. The highest BCUT2D eigenvalue weighted by Crippen LogP contribution is 2.43. The Bertz CT molecular complexity index is 686. The van der Waals surface area contributed by atoms with E-state index < -0.39 is 13.9 Å². The second-order valence-corrected chi connectivity index (χ2v) is 15.1. The quantitative estimate of drug-likeness (QED) is 0.0321. The van der Waals surface area contributed by atoms with Gasteiger partial charge in [0, 0.05) is 13.0 Å². The number of hydrogen-bond donors (Lipinski definition) is 1. The fourth-order valence-corrected chi connectivity index (χ4v) is 5.76. The zero-order valence-corrected chi connectivity index (χ0v) is 30.6. The van der Waals surface area contributed by atoms with E-state index in [0.717, 1.165) is 32.1 Å². The number of phosphoric acid groups is 1. The fraction of sp³-hybridized carbons (Fsp3) is 0.971. The molecule has 0 bridgehead atoms. The second kappa shape index (κ2) is 29.9. The highest BCUT2D eigenvalue weighted by atomic mass is 31.2. The van der Waals surface area contributed by atoms with Crippen LogP contribution in [0.15, 0.2) is 0 Å². The first kappa shape index (κ1) is 43.5. The molecule has 0 aliphatic rings. The molecular formula is C35H73NO7P+. The Hall–Kier alpha value is -0.500. The zero-order valence-electron chi connectivity index (χ0n) is 29.7. The van der Waals surface area contributed by atoms with Crippen LogP contribution < -0.4 is 0 Å². The summed E-state index contributed by atoms with van der Waals surface area (Å²) in [6, 6.07) is 0. The maximum Gasteiger partial charge on any atom is 0.472 e. The number of hydrogen-bond acceptors (Lipinski definition) is 6. The molecule has 264 valence electrons. The van der Waals surface area contributed by atoms with Crippen LogP contribution in [0.2, 0.25) is 0 Å². The Morgan fingerprint density at radius 1 is 0.614 bits per heavy atom. The molecular weight excluding hydrogens is 577 g/mol. The summed E-state index contributed by atoms with van der Waals surface area (Å²) in [4.78, 5) is 22.3. The Morgan fingerprint density at radius 3 is 1.50 bits per heavy atom. The van der Waals surface area contributed by atoms with Crippen molar-refractivity contribution in [2.75, 3.05) is 54.1 Å². The Balaban J connectivity index is 3.91. The molecule has 0 saturated heterocycles. The van der Waals surface area contributed by atoms with Crippen molar-refractivity contribution in [3.8, 4) is 0 Å². The monoisotopic (exact) mass is 651 g/mol. The number of phosphoric ester groups is 1. The largest absolute Gasteiger partial charge is 0.472 e. The van der Waals surface area contributed by atoms with Crippen molar-refractivity contribution in [3.05, 3.63) is 0 Å². The highest BCUT2D eigenvalue weighted by Gasteiger charge is 2.26. The predicted octanol–water partition coefficient (Wildman–Crippen LogP) is 9.77. The third kappa shape index (κ3) is 32.9. The minimum Gasteiger partial charge on any atom is -0.457 e. The standard InChI is InChI=1S/C35H72NO7P/c1-6-8-10-11-12-13-14-15-16-17-18-19-20-21-22-23-24-25-27-30-40-32-34(43-35(37)28-26-9-7-2)33-42-44(38,39)41-31-29-36(3,4)5/h34H,6-33H2,1-5H3/p+1. The predicted molar refractivity (Wildman–Crippen MR) is 183 cm³/mol. The molecule has 0 aliphatic carbocycles. The molecule has 0 aromatic carbocycles. The van der Waals surface area contributed by atoms with E-state index in [2.05, 4.69) is 13.8 Å². The number of quaternary nitrogens is 1. The second-order valence-electron chi connectivity index (χ2n) is 13.6. The molecule has 0 saturated carbocycles. The molecule has 0 aromatic heterocycles. The van der Waals surface area contributed by atoms with Gasteiger partial charge in [0.05, 0.1) is 34.4 Å². The number of unbranched alkanes of at least 4 members (excludes halogenated alkanes) is 20. The van der Waals surface area contributed by atoms with E-state index in [-0.39, 0.29) is 25.8 Å². The summed E-state index contributed by atoms with van der Waals surface area (Å²) in [5.74, 6) is -0.335. The molecule has 1 N–H and O–H groups in total. The smallest absolute Gasteiger partial charge is 0.457 e. The van der Waals surface area contributed by atoms with E-state index >= 15 is 0 Å². The maximum atomic E-state index is 12.3. The van der Waals surface area contributed by atoms with E-state index in [1.54, 1.807) is 0 Å². The van der Waals surface area contributed by atoms with Crippen molar-refractivity contribution in [1.82, 2.24) is 0 Å². The Morgan fingerprint density at radius 2 is 1.05 bits per heavy atom. The van der Waals surface area contributed by atoms with Crippen LogP contribution in [0.3, 0.4) is 0 Å². The lowest BCUT2D eigenvalue weighted by Crippen LogP contribution is -2.37. The van der Waals surface area contributed by atoms with Crippen LogP contribution in [0.1, 0.15) is 162 Å². The molecule has 2 atom stereocenters. The van der Waals surface area contributed by atoms with Crippen LogP contribution in [-0.2, 0) is 27.9 Å². The van der Waals surface area contributed by atoms with Crippen LogP contribution >= 0.6 is 7.82 Å². The lowest BCUT2D eigenvalue weighted by molar-refractivity contribution is -0.870. The normalized spacial score (nSPS) is 14.0. The van der Waals surface area contributed by atoms with Crippen molar-refractivity contribution in [2.45, 2.75) is 168 Å². The van der Waals surface area contributed by atoms with Gasteiger partial charge in [-0.2, -0.15) is 0 Å². The van der Waals surface area contributed by atoms with Gasteiger partial charge >= 0.3 is 13.8 Å². The van der Waals surface area contributed by atoms with Crippen LogP contribution in [0, 0.1) is 0 Å². The van der Waals surface area contributed by atoms with Gasteiger partial charge in [-0.05, 0) is 12.8 Å². The molecule has 0 radical (unpaired) electrons. The van der Waals surface area contributed by atoms with E-state index in [1.807, 2.05) is 21.1 Å².